The zero-order valence-electron chi connectivity index (χ0n) is 13.1. The Balaban J connectivity index is 1.51. The molecule has 7 nitrogen and oxygen atoms in total. The minimum absolute atomic E-state index is 0.118. The van der Waals surface area contributed by atoms with Crippen molar-refractivity contribution >= 4 is 28.9 Å². The Morgan fingerprint density at radius 1 is 0.917 bits per heavy atom. The van der Waals surface area contributed by atoms with Crippen LogP contribution in [0.1, 0.15) is 6.92 Å². The predicted octanol–water partition coefficient (Wildman–Crippen LogP) is 2.42. The molecule has 0 saturated carbocycles. The fraction of sp³-hybridized carbons (Fsp3) is 0.176. The van der Waals surface area contributed by atoms with Crippen molar-refractivity contribution in [3.05, 3.63) is 42.5 Å². The topological polar surface area (TPSA) is 88.7 Å². The minimum atomic E-state index is -0.181. The van der Waals surface area contributed by atoms with Gasteiger partial charge in [-0.3, -0.25) is 9.59 Å². The van der Waals surface area contributed by atoms with E-state index in [1.807, 2.05) is 6.07 Å². The van der Waals surface area contributed by atoms with Crippen LogP contribution in [0, 0.1) is 0 Å². The van der Waals surface area contributed by atoms with Crippen molar-refractivity contribution in [1.82, 2.24) is 0 Å². The first-order valence-corrected chi connectivity index (χ1v) is 7.41. The van der Waals surface area contributed by atoms with Gasteiger partial charge in [-0.1, -0.05) is 0 Å². The van der Waals surface area contributed by atoms with Crippen LogP contribution < -0.4 is 25.4 Å². The van der Waals surface area contributed by atoms with Crippen LogP contribution in [0.2, 0.25) is 0 Å². The molecule has 0 spiro atoms. The Bertz CT molecular complexity index is 759. The van der Waals surface area contributed by atoms with Gasteiger partial charge in [-0.05, 0) is 36.4 Å². The average Bonchev–Trinajstić information content (AvgIpc) is 3.02. The van der Waals surface area contributed by atoms with Crippen molar-refractivity contribution in [2.75, 3.05) is 29.3 Å². The second-order valence-electron chi connectivity index (χ2n) is 5.23. The monoisotopic (exact) mass is 327 g/mol. The lowest BCUT2D eigenvalue weighted by molar-refractivity contribution is -0.115. The van der Waals surface area contributed by atoms with Crippen LogP contribution in [0.4, 0.5) is 17.1 Å². The first kappa shape index (κ1) is 15.7. The maximum Gasteiger partial charge on any atom is 0.243 e. The number of nitrogens with one attached hydrogen (secondary N) is 3. The van der Waals surface area contributed by atoms with Crippen molar-refractivity contribution in [2.45, 2.75) is 6.92 Å². The molecule has 0 aliphatic carbocycles. The van der Waals surface area contributed by atoms with Crippen LogP contribution in [0.5, 0.6) is 11.5 Å². The molecule has 3 rings (SSSR count). The number of carbonyl (C=O) groups excluding carboxylic acids is 2. The molecule has 0 bridgehead atoms. The third-order valence-electron chi connectivity index (χ3n) is 3.31. The quantitative estimate of drug-likeness (QED) is 0.785. The molecule has 0 atom stereocenters. The number of amides is 2. The smallest absolute Gasteiger partial charge is 0.243 e. The zero-order valence-corrected chi connectivity index (χ0v) is 13.1. The molecule has 3 N–H and O–H groups in total. The van der Waals surface area contributed by atoms with E-state index in [2.05, 4.69) is 16.0 Å². The second-order valence-corrected chi connectivity index (χ2v) is 5.23. The van der Waals surface area contributed by atoms with Gasteiger partial charge in [0, 0.05) is 30.1 Å². The van der Waals surface area contributed by atoms with Gasteiger partial charge >= 0.3 is 0 Å². The molecule has 124 valence electrons. The van der Waals surface area contributed by atoms with E-state index in [0.29, 0.717) is 22.9 Å². The molecule has 2 aromatic rings. The number of hydrogen-bond acceptors (Lipinski definition) is 5. The van der Waals surface area contributed by atoms with Crippen LogP contribution in [0.3, 0.4) is 0 Å². The largest absolute Gasteiger partial charge is 0.454 e. The Labute approximate surface area is 139 Å². The van der Waals surface area contributed by atoms with Gasteiger partial charge in [0.25, 0.3) is 0 Å². The van der Waals surface area contributed by atoms with Gasteiger partial charge in [0.1, 0.15) is 0 Å². The molecule has 0 radical (unpaired) electrons. The van der Waals surface area contributed by atoms with Gasteiger partial charge in [-0.25, -0.2) is 0 Å². The maximum atomic E-state index is 12.0. The van der Waals surface area contributed by atoms with Crippen LogP contribution in [-0.2, 0) is 9.59 Å². The van der Waals surface area contributed by atoms with Crippen LogP contribution in [-0.4, -0.2) is 25.2 Å². The van der Waals surface area contributed by atoms with Crippen LogP contribution in [0.25, 0.3) is 0 Å². The fourth-order valence-electron chi connectivity index (χ4n) is 2.23. The van der Waals surface area contributed by atoms with E-state index in [1.165, 1.54) is 6.92 Å². The van der Waals surface area contributed by atoms with E-state index in [9.17, 15) is 9.59 Å². The molecular weight excluding hydrogens is 310 g/mol. The number of benzene rings is 2. The van der Waals surface area contributed by atoms with Gasteiger partial charge in [0.2, 0.25) is 18.6 Å². The van der Waals surface area contributed by atoms with Gasteiger partial charge < -0.3 is 25.4 Å². The van der Waals surface area contributed by atoms with Crippen molar-refractivity contribution in [2.24, 2.45) is 0 Å². The number of ether oxygens (including phenoxy) is 2. The zero-order chi connectivity index (χ0) is 16.9. The Kier molecular flexibility index (Phi) is 4.51. The van der Waals surface area contributed by atoms with Crippen LogP contribution in [0.15, 0.2) is 42.5 Å². The highest BCUT2D eigenvalue weighted by Crippen LogP contribution is 2.34. The lowest BCUT2D eigenvalue weighted by atomic mass is 10.2. The summed E-state index contributed by atoms with van der Waals surface area (Å²) in [5, 5.41) is 8.47. The Morgan fingerprint density at radius 2 is 1.54 bits per heavy atom. The van der Waals surface area contributed by atoms with Crippen molar-refractivity contribution in [3.63, 3.8) is 0 Å². The summed E-state index contributed by atoms with van der Waals surface area (Å²) in [7, 11) is 0. The SMILES string of the molecule is CC(=O)Nc1ccc(NC(=O)CNc2ccc3c(c2)OCO3)cc1. The maximum absolute atomic E-state index is 12.0. The second kappa shape index (κ2) is 6.91. The molecular formula is C17H17N3O4. The number of fused-ring (bicyclic) bond motifs is 1. The van der Waals surface area contributed by atoms with Crippen molar-refractivity contribution in [3.8, 4) is 11.5 Å². The summed E-state index contributed by atoms with van der Waals surface area (Å²) in [5.74, 6) is 1.04. The van der Waals surface area contributed by atoms with E-state index >= 15 is 0 Å². The lowest BCUT2D eigenvalue weighted by Gasteiger charge is -2.09. The van der Waals surface area contributed by atoms with E-state index in [1.54, 1.807) is 36.4 Å². The summed E-state index contributed by atoms with van der Waals surface area (Å²) in [6, 6.07) is 12.3. The minimum Gasteiger partial charge on any atom is -0.454 e. The Hall–Kier alpha value is -3.22. The Morgan fingerprint density at radius 3 is 2.25 bits per heavy atom. The normalized spacial score (nSPS) is 11.7. The van der Waals surface area contributed by atoms with Gasteiger partial charge in [0.05, 0.1) is 6.54 Å². The summed E-state index contributed by atoms with van der Waals surface area (Å²) >= 11 is 0. The average molecular weight is 327 g/mol. The molecule has 0 fully saturated rings. The summed E-state index contributed by atoms with van der Waals surface area (Å²) in [6.07, 6.45) is 0. The van der Waals surface area contributed by atoms with Gasteiger partial charge in [-0.15, -0.1) is 0 Å². The van der Waals surface area contributed by atoms with Crippen molar-refractivity contribution < 1.29 is 19.1 Å². The number of anilines is 3. The molecule has 0 saturated heterocycles. The molecule has 2 aromatic carbocycles. The van der Waals surface area contributed by atoms with Gasteiger partial charge in [0.15, 0.2) is 11.5 Å². The summed E-state index contributed by atoms with van der Waals surface area (Å²) in [5.41, 5.74) is 2.11. The first-order valence-electron chi connectivity index (χ1n) is 7.41. The number of hydrogen-bond donors (Lipinski definition) is 3. The molecule has 1 heterocycles. The van der Waals surface area contributed by atoms with E-state index in [4.69, 9.17) is 9.47 Å². The van der Waals surface area contributed by atoms with E-state index < -0.39 is 0 Å². The molecule has 0 unspecified atom stereocenters. The highest BCUT2D eigenvalue weighted by molar-refractivity contribution is 5.94. The molecule has 24 heavy (non-hydrogen) atoms. The third kappa shape index (κ3) is 3.95. The van der Waals surface area contributed by atoms with Crippen LogP contribution >= 0.6 is 0 Å². The van der Waals surface area contributed by atoms with Gasteiger partial charge in [-0.2, -0.15) is 0 Å². The highest BCUT2D eigenvalue weighted by Gasteiger charge is 2.13. The first-order chi connectivity index (χ1) is 11.6. The standard InChI is InChI=1S/C17H17N3O4/c1-11(21)19-12-2-4-13(5-3-12)20-17(22)9-18-14-6-7-15-16(8-14)24-10-23-15/h2-8,18H,9-10H2,1H3,(H,19,21)(H,20,22). The molecule has 1 aliphatic heterocycles. The third-order valence-corrected chi connectivity index (χ3v) is 3.31. The predicted molar refractivity (Wildman–Crippen MR) is 90.4 cm³/mol. The highest BCUT2D eigenvalue weighted by atomic mass is 16.7. The molecule has 7 heteroatoms. The molecule has 0 aromatic heterocycles. The van der Waals surface area contributed by atoms with E-state index in [0.717, 1.165) is 5.69 Å². The van der Waals surface area contributed by atoms with E-state index in [-0.39, 0.29) is 25.2 Å². The lowest BCUT2D eigenvalue weighted by Crippen LogP contribution is -2.21. The number of rotatable bonds is 5. The summed E-state index contributed by atoms with van der Waals surface area (Å²) in [4.78, 5) is 22.9. The number of carbonyl (C=O) groups is 2. The summed E-state index contributed by atoms with van der Waals surface area (Å²) in [6.45, 7) is 1.78. The van der Waals surface area contributed by atoms with Crippen molar-refractivity contribution in [1.29, 1.82) is 0 Å². The summed E-state index contributed by atoms with van der Waals surface area (Å²) < 4.78 is 10.5. The fourth-order valence-corrected chi connectivity index (χ4v) is 2.23. The molecule has 2 amide bonds. The molecule has 1 aliphatic rings.